The maximum absolute atomic E-state index is 14.0. The Hall–Kier alpha value is -2.57. The van der Waals surface area contributed by atoms with E-state index in [1.807, 2.05) is 18.2 Å². The van der Waals surface area contributed by atoms with E-state index in [0.717, 1.165) is 11.3 Å². The van der Waals surface area contributed by atoms with Gasteiger partial charge >= 0.3 is 0 Å². The van der Waals surface area contributed by atoms with Crippen molar-refractivity contribution in [1.29, 1.82) is 0 Å². The second-order valence-electron chi connectivity index (χ2n) is 7.04. The van der Waals surface area contributed by atoms with Gasteiger partial charge in [-0.05, 0) is 35.9 Å². The highest BCUT2D eigenvalue weighted by Gasteiger charge is 2.21. The molecule has 0 aliphatic carbocycles. The molecule has 4 rings (SSSR count). The van der Waals surface area contributed by atoms with Gasteiger partial charge < -0.3 is 14.4 Å². The van der Waals surface area contributed by atoms with Crippen LogP contribution < -0.4 is 9.47 Å². The number of fused-ring (bicyclic) bond motifs is 1. The average Bonchev–Trinajstić information content (AvgIpc) is 2.75. The van der Waals surface area contributed by atoms with E-state index >= 15 is 0 Å². The van der Waals surface area contributed by atoms with Gasteiger partial charge in [0.1, 0.15) is 19.0 Å². The molecule has 0 bridgehead atoms. The second-order valence-corrected chi connectivity index (χ2v) is 7.45. The van der Waals surface area contributed by atoms with E-state index in [9.17, 15) is 9.18 Å². The van der Waals surface area contributed by atoms with Crippen molar-refractivity contribution in [3.63, 3.8) is 0 Å². The van der Waals surface area contributed by atoms with Gasteiger partial charge in [0, 0.05) is 49.4 Å². The molecule has 2 heterocycles. The second kappa shape index (κ2) is 8.84. The molecule has 1 fully saturated rings. The van der Waals surface area contributed by atoms with Crippen molar-refractivity contribution in [2.75, 3.05) is 39.4 Å². The molecule has 0 saturated carbocycles. The summed E-state index contributed by atoms with van der Waals surface area (Å²) < 4.78 is 25.1. The van der Waals surface area contributed by atoms with E-state index < -0.39 is 0 Å². The van der Waals surface area contributed by atoms with Crippen LogP contribution in [0.5, 0.6) is 11.5 Å². The minimum atomic E-state index is -0.293. The molecule has 0 atom stereocenters. The molecule has 0 N–H and O–H groups in total. The first-order valence-corrected chi connectivity index (χ1v) is 10.00. The van der Waals surface area contributed by atoms with Crippen molar-refractivity contribution in [2.45, 2.75) is 6.54 Å². The van der Waals surface area contributed by atoms with Crippen LogP contribution in [0.1, 0.15) is 11.1 Å². The van der Waals surface area contributed by atoms with Gasteiger partial charge in [-0.15, -0.1) is 0 Å². The van der Waals surface area contributed by atoms with E-state index in [-0.39, 0.29) is 11.7 Å². The van der Waals surface area contributed by atoms with Crippen molar-refractivity contribution in [3.05, 3.63) is 64.4 Å². The molecule has 0 aromatic heterocycles. The number of ether oxygens (including phenoxy) is 2. The van der Waals surface area contributed by atoms with Crippen LogP contribution in [0.4, 0.5) is 4.39 Å². The normalized spacial score (nSPS) is 17.0. The van der Waals surface area contributed by atoms with Gasteiger partial charge in [-0.1, -0.05) is 23.7 Å². The summed E-state index contributed by atoms with van der Waals surface area (Å²) in [5.74, 6) is 1.10. The summed E-state index contributed by atoms with van der Waals surface area (Å²) in [6, 6.07) is 10.3. The molecule has 2 aliphatic rings. The quantitative estimate of drug-likeness (QED) is 0.714. The number of carbonyl (C=O) groups excluding carboxylic acids is 1. The molecule has 0 unspecified atom stereocenters. The third-order valence-corrected chi connectivity index (χ3v) is 5.47. The third-order valence-electron chi connectivity index (χ3n) is 5.11. The van der Waals surface area contributed by atoms with Gasteiger partial charge in [-0.2, -0.15) is 0 Å². The lowest BCUT2D eigenvalue weighted by molar-refractivity contribution is -0.127. The molecule has 1 saturated heterocycles. The zero-order valence-electron chi connectivity index (χ0n) is 15.9. The first-order chi connectivity index (χ1) is 14.1. The smallest absolute Gasteiger partial charge is 0.246 e. The highest BCUT2D eigenvalue weighted by atomic mass is 35.5. The molecule has 5 nitrogen and oxygen atoms in total. The Labute approximate surface area is 174 Å². The van der Waals surface area contributed by atoms with Crippen LogP contribution in [-0.4, -0.2) is 55.1 Å². The van der Waals surface area contributed by atoms with Gasteiger partial charge in [0.2, 0.25) is 5.91 Å². The van der Waals surface area contributed by atoms with Gasteiger partial charge in [-0.25, -0.2) is 4.39 Å². The number of carbonyl (C=O) groups is 1. The molecule has 2 aromatic rings. The lowest BCUT2D eigenvalue weighted by Gasteiger charge is -2.34. The molecule has 29 heavy (non-hydrogen) atoms. The summed E-state index contributed by atoms with van der Waals surface area (Å²) in [6.45, 7) is 4.06. The number of benzene rings is 2. The van der Waals surface area contributed by atoms with Crippen LogP contribution in [0, 0.1) is 5.82 Å². The number of piperazine rings is 1. The lowest BCUT2D eigenvalue weighted by atomic mass is 10.1. The van der Waals surface area contributed by atoms with Crippen LogP contribution >= 0.6 is 11.6 Å². The van der Waals surface area contributed by atoms with Crippen molar-refractivity contribution < 1.29 is 18.7 Å². The van der Waals surface area contributed by atoms with E-state index in [1.165, 1.54) is 6.07 Å². The Kier molecular flexibility index (Phi) is 6.02. The number of hydrogen-bond donors (Lipinski definition) is 0. The van der Waals surface area contributed by atoms with Crippen molar-refractivity contribution in [3.8, 4) is 11.5 Å². The van der Waals surface area contributed by atoms with Gasteiger partial charge in [0.25, 0.3) is 0 Å². The fraction of sp³-hybridized carbons (Fsp3) is 0.318. The topological polar surface area (TPSA) is 42.0 Å². The average molecular weight is 417 g/mol. The van der Waals surface area contributed by atoms with Crippen molar-refractivity contribution >= 4 is 23.6 Å². The Morgan fingerprint density at radius 3 is 2.59 bits per heavy atom. The predicted octanol–water partition coefficient (Wildman–Crippen LogP) is 3.61. The van der Waals surface area contributed by atoms with Crippen LogP contribution in [0.25, 0.3) is 6.08 Å². The number of rotatable bonds is 4. The maximum Gasteiger partial charge on any atom is 0.246 e. The van der Waals surface area contributed by atoms with Crippen molar-refractivity contribution in [2.24, 2.45) is 0 Å². The number of hydrogen-bond acceptors (Lipinski definition) is 4. The summed E-state index contributed by atoms with van der Waals surface area (Å²) in [7, 11) is 0. The van der Waals surface area contributed by atoms with E-state index in [1.54, 1.807) is 29.2 Å². The van der Waals surface area contributed by atoms with E-state index in [0.29, 0.717) is 62.3 Å². The molecular weight excluding hydrogens is 395 g/mol. The zero-order valence-corrected chi connectivity index (χ0v) is 16.7. The number of halogens is 2. The summed E-state index contributed by atoms with van der Waals surface area (Å²) in [5.41, 5.74) is 1.39. The SMILES string of the molecule is O=C(C=Cc1ccc2c(c1)OCCO2)N1CCN(Cc2c(F)cccc2Cl)CC1. The minimum absolute atomic E-state index is 0.0385. The summed E-state index contributed by atoms with van der Waals surface area (Å²) in [4.78, 5) is 16.4. The summed E-state index contributed by atoms with van der Waals surface area (Å²) in [6.07, 6.45) is 3.36. The van der Waals surface area contributed by atoms with Gasteiger partial charge in [-0.3, -0.25) is 9.69 Å². The number of nitrogens with zero attached hydrogens (tertiary/aromatic N) is 2. The lowest BCUT2D eigenvalue weighted by Crippen LogP contribution is -2.47. The molecule has 7 heteroatoms. The Morgan fingerprint density at radius 1 is 1.07 bits per heavy atom. The fourth-order valence-electron chi connectivity index (χ4n) is 3.47. The van der Waals surface area contributed by atoms with E-state index in [4.69, 9.17) is 21.1 Å². The molecule has 1 amide bonds. The zero-order chi connectivity index (χ0) is 20.2. The molecule has 2 aromatic carbocycles. The Morgan fingerprint density at radius 2 is 1.83 bits per heavy atom. The monoisotopic (exact) mass is 416 g/mol. The van der Waals surface area contributed by atoms with Gasteiger partial charge in [0.05, 0.1) is 0 Å². The first-order valence-electron chi connectivity index (χ1n) is 9.62. The highest BCUT2D eigenvalue weighted by Crippen LogP contribution is 2.31. The van der Waals surface area contributed by atoms with Crippen molar-refractivity contribution in [1.82, 2.24) is 9.80 Å². The predicted molar refractivity (Wildman–Crippen MR) is 110 cm³/mol. The molecule has 0 radical (unpaired) electrons. The number of amides is 1. The largest absolute Gasteiger partial charge is 0.486 e. The van der Waals surface area contributed by atoms with E-state index in [2.05, 4.69) is 4.90 Å². The Balaban J connectivity index is 1.31. The third kappa shape index (κ3) is 4.71. The Bertz CT molecular complexity index is 906. The fourth-order valence-corrected chi connectivity index (χ4v) is 3.69. The molecule has 152 valence electrons. The van der Waals surface area contributed by atoms with Crippen LogP contribution in [0.2, 0.25) is 5.02 Å². The molecule has 0 spiro atoms. The van der Waals surface area contributed by atoms with Crippen LogP contribution in [0.3, 0.4) is 0 Å². The van der Waals surface area contributed by atoms with Crippen LogP contribution in [-0.2, 0) is 11.3 Å². The van der Waals surface area contributed by atoms with Crippen LogP contribution in [0.15, 0.2) is 42.5 Å². The van der Waals surface area contributed by atoms with Gasteiger partial charge in [0.15, 0.2) is 11.5 Å². The standard InChI is InChI=1S/C22H22ClFN2O3/c23-18-2-1-3-19(24)17(18)15-25-8-10-26(11-9-25)22(27)7-5-16-4-6-20-21(14-16)29-13-12-28-20/h1-7,14H,8-13,15H2. The summed E-state index contributed by atoms with van der Waals surface area (Å²) in [5, 5.41) is 0.436. The molecule has 2 aliphatic heterocycles. The minimum Gasteiger partial charge on any atom is -0.486 e. The molecular formula is C22H22ClFN2O3. The maximum atomic E-state index is 14.0. The highest BCUT2D eigenvalue weighted by molar-refractivity contribution is 6.31. The first kappa shape index (κ1) is 19.7. The summed E-state index contributed by atoms with van der Waals surface area (Å²) >= 11 is 6.11.